The molecule has 0 heteroatoms. The zero-order chi connectivity index (χ0) is 41.9. The first-order chi connectivity index (χ1) is 29.9. The van der Waals surface area contributed by atoms with Crippen LogP contribution < -0.4 is 0 Å². The SMILES string of the molecule is C1CCCCCCCCCCCC(C2CCCCCCCCCCCCCCC2)C(C2CCCCCCCCCCCCCCCCCCC2)CCCCCCCCCC1. The Kier molecular flexibility index (Phi) is 38.9. The van der Waals surface area contributed by atoms with Crippen LogP contribution in [0.5, 0.6) is 0 Å². The third-order valence-electron chi connectivity index (χ3n) is 16.9. The Balaban J connectivity index is 1.79. The van der Waals surface area contributed by atoms with E-state index >= 15 is 0 Å². The van der Waals surface area contributed by atoms with Gasteiger partial charge in [0.15, 0.2) is 0 Å². The Hall–Kier alpha value is 0. The Morgan fingerprint density at radius 1 is 0.100 bits per heavy atom. The van der Waals surface area contributed by atoms with Crippen LogP contribution in [0.3, 0.4) is 0 Å². The van der Waals surface area contributed by atoms with Crippen LogP contribution in [0.2, 0.25) is 0 Å². The molecule has 0 saturated heterocycles. The standard InChI is InChI=1S/C60H116/c1-2-4-9-13-20-26-32-38-44-50-56-60(58-53-47-41-35-29-23-17-14-18-24-30-36-42-48-54-58)59(55-49-43-37-31-25-19-12-8-3-1)57-51-45-39-33-27-21-15-10-6-5-7-11-16-22-28-34-40-46-52-57/h57-60H,1-56H2. The molecule has 3 fully saturated rings. The van der Waals surface area contributed by atoms with Crippen molar-refractivity contribution in [2.75, 3.05) is 0 Å². The van der Waals surface area contributed by atoms with Crippen molar-refractivity contribution in [3.63, 3.8) is 0 Å². The van der Waals surface area contributed by atoms with E-state index in [0.717, 1.165) is 23.7 Å². The van der Waals surface area contributed by atoms with Crippen molar-refractivity contribution in [2.45, 2.75) is 360 Å². The molecule has 0 aromatic rings. The molecule has 2 unspecified atom stereocenters. The van der Waals surface area contributed by atoms with E-state index in [4.69, 9.17) is 0 Å². The summed E-state index contributed by atoms with van der Waals surface area (Å²) >= 11 is 0. The molecule has 0 aliphatic heterocycles. The first kappa shape index (κ1) is 54.3. The molecule has 0 amide bonds. The molecule has 3 saturated carbocycles. The van der Waals surface area contributed by atoms with E-state index < -0.39 is 0 Å². The molecular formula is C60H116. The molecule has 0 spiro atoms. The maximum atomic E-state index is 1.59. The van der Waals surface area contributed by atoms with Gasteiger partial charge in [0.2, 0.25) is 0 Å². The highest BCUT2D eigenvalue weighted by molar-refractivity contribution is 4.84. The zero-order valence-corrected chi connectivity index (χ0v) is 41.9. The summed E-state index contributed by atoms with van der Waals surface area (Å²) in [4.78, 5) is 0. The minimum atomic E-state index is 1.01. The van der Waals surface area contributed by atoms with Crippen LogP contribution in [-0.2, 0) is 0 Å². The van der Waals surface area contributed by atoms with Gasteiger partial charge in [-0.05, 0) is 36.5 Å². The molecule has 3 rings (SSSR count). The van der Waals surface area contributed by atoms with Gasteiger partial charge in [-0.1, -0.05) is 347 Å². The summed E-state index contributed by atoms with van der Waals surface area (Å²) in [6.07, 6.45) is 85.3. The highest BCUT2D eigenvalue weighted by Gasteiger charge is 2.33. The van der Waals surface area contributed by atoms with E-state index in [0.29, 0.717) is 0 Å². The fraction of sp³-hybridized carbons (Fsp3) is 1.00. The lowest BCUT2D eigenvalue weighted by Crippen LogP contribution is -2.30. The van der Waals surface area contributed by atoms with Crippen LogP contribution in [0.1, 0.15) is 360 Å². The lowest BCUT2D eigenvalue weighted by molar-refractivity contribution is 0.103. The number of hydrogen-bond acceptors (Lipinski definition) is 0. The summed E-state index contributed by atoms with van der Waals surface area (Å²) in [6, 6.07) is 0. The summed E-state index contributed by atoms with van der Waals surface area (Å²) < 4.78 is 0. The van der Waals surface area contributed by atoms with Crippen LogP contribution >= 0.6 is 0 Å². The second kappa shape index (κ2) is 42.9. The van der Waals surface area contributed by atoms with E-state index in [2.05, 4.69) is 0 Å². The molecule has 0 aromatic heterocycles. The maximum absolute atomic E-state index is 1.59. The Morgan fingerprint density at radius 3 is 0.333 bits per heavy atom. The van der Waals surface area contributed by atoms with Gasteiger partial charge in [0.1, 0.15) is 0 Å². The van der Waals surface area contributed by atoms with Crippen molar-refractivity contribution in [3.8, 4) is 0 Å². The third-order valence-corrected chi connectivity index (χ3v) is 16.9. The molecule has 356 valence electrons. The molecule has 60 heavy (non-hydrogen) atoms. The van der Waals surface area contributed by atoms with Gasteiger partial charge >= 0.3 is 0 Å². The summed E-state index contributed by atoms with van der Waals surface area (Å²) in [5.74, 6) is 4.07. The highest BCUT2D eigenvalue weighted by atomic mass is 14.4. The number of hydrogen-bond donors (Lipinski definition) is 0. The van der Waals surface area contributed by atoms with Gasteiger partial charge in [-0.2, -0.15) is 0 Å². The largest absolute Gasteiger partial charge is 0.0533 e. The van der Waals surface area contributed by atoms with E-state index in [1.807, 2.05) is 0 Å². The average Bonchev–Trinajstić information content (AvgIpc) is 3.25. The van der Waals surface area contributed by atoms with Gasteiger partial charge in [0.25, 0.3) is 0 Å². The van der Waals surface area contributed by atoms with E-state index in [9.17, 15) is 0 Å². The second-order valence-corrected chi connectivity index (χ2v) is 22.3. The highest BCUT2D eigenvalue weighted by Crippen LogP contribution is 2.44. The third kappa shape index (κ3) is 31.8. The zero-order valence-electron chi connectivity index (χ0n) is 41.9. The van der Waals surface area contributed by atoms with Gasteiger partial charge in [-0.15, -0.1) is 0 Å². The van der Waals surface area contributed by atoms with Crippen molar-refractivity contribution in [1.82, 2.24) is 0 Å². The molecular weight excluding hydrogens is 721 g/mol. The average molecular weight is 838 g/mol. The van der Waals surface area contributed by atoms with Crippen LogP contribution in [0, 0.1) is 23.7 Å². The predicted octanol–water partition coefficient (Wildman–Crippen LogP) is 22.3. The Labute approximate surface area is 381 Å². The van der Waals surface area contributed by atoms with Crippen LogP contribution in [0.4, 0.5) is 0 Å². The molecule has 0 heterocycles. The molecule has 0 radical (unpaired) electrons. The van der Waals surface area contributed by atoms with Crippen molar-refractivity contribution >= 4 is 0 Å². The fourth-order valence-corrected chi connectivity index (χ4v) is 12.9. The van der Waals surface area contributed by atoms with Crippen LogP contribution in [0.15, 0.2) is 0 Å². The monoisotopic (exact) mass is 837 g/mol. The van der Waals surface area contributed by atoms with Crippen molar-refractivity contribution in [1.29, 1.82) is 0 Å². The Morgan fingerprint density at radius 2 is 0.200 bits per heavy atom. The van der Waals surface area contributed by atoms with Gasteiger partial charge in [-0.3, -0.25) is 0 Å². The first-order valence-electron chi connectivity index (χ1n) is 29.9. The van der Waals surface area contributed by atoms with E-state index in [1.54, 1.807) is 77.0 Å². The molecule has 3 aliphatic rings. The second-order valence-electron chi connectivity index (χ2n) is 22.3. The van der Waals surface area contributed by atoms with E-state index in [1.165, 1.54) is 283 Å². The summed E-state index contributed by atoms with van der Waals surface area (Å²) in [5, 5.41) is 0. The summed E-state index contributed by atoms with van der Waals surface area (Å²) in [6.45, 7) is 0. The van der Waals surface area contributed by atoms with Crippen LogP contribution in [0.25, 0.3) is 0 Å². The minimum Gasteiger partial charge on any atom is -0.0533 e. The smallest absolute Gasteiger partial charge is 0.0355 e. The molecule has 0 nitrogen and oxygen atoms in total. The van der Waals surface area contributed by atoms with Gasteiger partial charge in [-0.25, -0.2) is 0 Å². The van der Waals surface area contributed by atoms with E-state index in [-0.39, 0.29) is 0 Å². The normalized spacial score (nSPS) is 27.8. The maximum Gasteiger partial charge on any atom is -0.0355 e. The first-order valence-corrected chi connectivity index (χ1v) is 29.9. The summed E-state index contributed by atoms with van der Waals surface area (Å²) in [5.41, 5.74) is 0. The quantitative estimate of drug-likeness (QED) is 0.260. The van der Waals surface area contributed by atoms with Crippen molar-refractivity contribution in [2.24, 2.45) is 23.7 Å². The molecule has 2 atom stereocenters. The van der Waals surface area contributed by atoms with Gasteiger partial charge in [0, 0.05) is 0 Å². The molecule has 0 bridgehead atoms. The summed E-state index contributed by atoms with van der Waals surface area (Å²) in [7, 11) is 0. The molecule has 0 N–H and O–H groups in total. The minimum absolute atomic E-state index is 1.01. The van der Waals surface area contributed by atoms with Gasteiger partial charge < -0.3 is 0 Å². The van der Waals surface area contributed by atoms with Gasteiger partial charge in [0.05, 0.1) is 0 Å². The topological polar surface area (TPSA) is 0 Å². The molecule has 0 aromatic carbocycles. The number of rotatable bonds is 2. The van der Waals surface area contributed by atoms with Crippen molar-refractivity contribution in [3.05, 3.63) is 0 Å². The lowest BCUT2D eigenvalue weighted by Gasteiger charge is -2.40. The molecule has 3 aliphatic carbocycles. The lowest BCUT2D eigenvalue weighted by atomic mass is 9.66. The fourth-order valence-electron chi connectivity index (χ4n) is 12.9. The predicted molar refractivity (Wildman–Crippen MR) is 273 cm³/mol. The van der Waals surface area contributed by atoms with Crippen LogP contribution in [-0.4, -0.2) is 0 Å². The Bertz CT molecular complexity index is 792. The van der Waals surface area contributed by atoms with Crippen molar-refractivity contribution < 1.29 is 0 Å².